The van der Waals surface area contributed by atoms with Crippen LogP contribution in [0.5, 0.6) is 11.5 Å². The van der Waals surface area contributed by atoms with E-state index in [9.17, 15) is 9.59 Å². The van der Waals surface area contributed by atoms with Crippen molar-refractivity contribution < 1.29 is 19.1 Å². The molecule has 0 spiro atoms. The van der Waals surface area contributed by atoms with Gasteiger partial charge in [-0.1, -0.05) is 30.3 Å². The van der Waals surface area contributed by atoms with E-state index in [1.807, 2.05) is 30.3 Å². The van der Waals surface area contributed by atoms with Gasteiger partial charge in [0.1, 0.15) is 11.5 Å². The van der Waals surface area contributed by atoms with E-state index in [-0.39, 0.29) is 18.9 Å². The second-order valence-corrected chi connectivity index (χ2v) is 5.79. The van der Waals surface area contributed by atoms with E-state index in [4.69, 9.17) is 9.47 Å². The molecule has 0 bridgehead atoms. The summed E-state index contributed by atoms with van der Waals surface area (Å²) in [6, 6.07) is 16.5. The van der Waals surface area contributed by atoms with Gasteiger partial charge in [0.15, 0.2) is 6.61 Å². The highest BCUT2D eigenvalue weighted by molar-refractivity contribution is 6.00. The van der Waals surface area contributed by atoms with Crippen LogP contribution in [0.15, 0.2) is 59.7 Å². The smallest absolute Gasteiger partial charge is 0.277 e. The first-order chi connectivity index (χ1) is 13.1. The van der Waals surface area contributed by atoms with Gasteiger partial charge in [0.05, 0.1) is 13.5 Å². The van der Waals surface area contributed by atoms with E-state index >= 15 is 0 Å². The van der Waals surface area contributed by atoms with Crippen molar-refractivity contribution in [3.05, 3.63) is 60.2 Å². The van der Waals surface area contributed by atoms with Gasteiger partial charge >= 0.3 is 0 Å². The van der Waals surface area contributed by atoms with Crippen LogP contribution in [0.4, 0.5) is 0 Å². The van der Waals surface area contributed by atoms with Gasteiger partial charge in [0, 0.05) is 12.3 Å². The number of methoxy groups -OCH3 is 1. The summed E-state index contributed by atoms with van der Waals surface area (Å²) in [6.45, 7) is 1.95. The second-order valence-electron chi connectivity index (χ2n) is 5.79. The lowest BCUT2D eigenvalue weighted by molar-refractivity contribution is -0.123. The number of hydrogen-bond acceptors (Lipinski definition) is 5. The molecule has 7 nitrogen and oxygen atoms in total. The van der Waals surface area contributed by atoms with Gasteiger partial charge in [-0.3, -0.25) is 9.59 Å². The summed E-state index contributed by atoms with van der Waals surface area (Å²) in [6.07, 6.45) is 0.104. The normalized spacial score (nSPS) is 10.8. The first-order valence-electron chi connectivity index (χ1n) is 8.46. The van der Waals surface area contributed by atoms with Gasteiger partial charge < -0.3 is 14.8 Å². The third kappa shape index (κ3) is 7.60. The molecule has 2 amide bonds. The highest BCUT2D eigenvalue weighted by Crippen LogP contribution is 2.16. The lowest BCUT2D eigenvalue weighted by Gasteiger charge is -2.07. The molecule has 142 valence electrons. The van der Waals surface area contributed by atoms with E-state index in [1.165, 1.54) is 0 Å². The third-order valence-corrected chi connectivity index (χ3v) is 3.55. The number of carbonyl (C=O) groups is 2. The van der Waals surface area contributed by atoms with Crippen LogP contribution in [0, 0.1) is 0 Å². The molecule has 0 saturated carbocycles. The van der Waals surface area contributed by atoms with Gasteiger partial charge in [-0.25, -0.2) is 5.43 Å². The summed E-state index contributed by atoms with van der Waals surface area (Å²) in [5, 5.41) is 6.72. The number of carbonyl (C=O) groups excluding carboxylic acids is 2. The van der Waals surface area contributed by atoms with Gasteiger partial charge in [-0.05, 0) is 36.8 Å². The van der Waals surface area contributed by atoms with Gasteiger partial charge in [-0.2, -0.15) is 5.10 Å². The van der Waals surface area contributed by atoms with Crippen molar-refractivity contribution in [1.29, 1.82) is 0 Å². The van der Waals surface area contributed by atoms with Gasteiger partial charge in [0.25, 0.3) is 5.91 Å². The summed E-state index contributed by atoms with van der Waals surface area (Å²) in [5.41, 5.74) is 3.89. The van der Waals surface area contributed by atoms with Crippen LogP contribution in [0.25, 0.3) is 0 Å². The number of amides is 2. The summed E-state index contributed by atoms with van der Waals surface area (Å²) >= 11 is 0. The van der Waals surface area contributed by atoms with Crippen molar-refractivity contribution >= 4 is 17.5 Å². The number of nitrogens with zero attached hydrogens (tertiary/aromatic N) is 1. The summed E-state index contributed by atoms with van der Waals surface area (Å²) < 4.78 is 10.4. The summed E-state index contributed by atoms with van der Waals surface area (Å²) in [4.78, 5) is 23.7. The van der Waals surface area contributed by atoms with Crippen LogP contribution in [0.2, 0.25) is 0 Å². The van der Waals surface area contributed by atoms with Crippen molar-refractivity contribution in [2.75, 3.05) is 13.7 Å². The van der Waals surface area contributed by atoms with Crippen molar-refractivity contribution in [3.8, 4) is 11.5 Å². The second kappa shape index (κ2) is 10.6. The van der Waals surface area contributed by atoms with E-state index < -0.39 is 5.91 Å². The van der Waals surface area contributed by atoms with Crippen molar-refractivity contribution in [2.24, 2.45) is 5.10 Å². The fourth-order valence-corrected chi connectivity index (χ4v) is 2.14. The van der Waals surface area contributed by atoms with Crippen LogP contribution >= 0.6 is 0 Å². The Hall–Kier alpha value is -3.35. The topological polar surface area (TPSA) is 89.0 Å². The Bertz CT molecular complexity index is 774. The predicted octanol–water partition coefficient (Wildman–Crippen LogP) is 2.27. The minimum absolute atomic E-state index is 0.104. The van der Waals surface area contributed by atoms with Crippen LogP contribution in [0.1, 0.15) is 18.9 Å². The van der Waals surface area contributed by atoms with E-state index in [1.54, 1.807) is 38.3 Å². The van der Waals surface area contributed by atoms with E-state index in [0.717, 1.165) is 5.56 Å². The average Bonchev–Trinajstić information content (AvgIpc) is 2.70. The standard InChI is InChI=1S/C20H23N3O4/c1-15(12-19(24)21-13-16-6-4-3-5-7-16)22-23-20(25)14-27-18-10-8-17(26-2)9-11-18/h3-11H,12-14H2,1-2H3,(H,21,24)(H,23,25)/b22-15+. The Morgan fingerprint density at radius 2 is 1.63 bits per heavy atom. The first-order valence-corrected chi connectivity index (χ1v) is 8.46. The van der Waals surface area contributed by atoms with Crippen LogP contribution in [0.3, 0.4) is 0 Å². The van der Waals surface area contributed by atoms with Gasteiger partial charge in [-0.15, -0.1) is 0 Å². The third-order valence-electron chi connectivity index (χ3n) is 3.55. The molecule has 27 heavy (non-hydrogen) atoms. The molecule has 0 aliphatic carbocycles. The predicted molar refractivity (Wildman–Crippen MR) is 103 cm³/mol. The molecule has 0 aliphatic rings. The number of hydrogen-bond donors (Lipinski definition) is 2. The highest BCUT2D eigenvalue weighted by atomic mass is 16.5. The zero-order valence-corrected chi connectivity index (χ0v) is 15.4. The largest absolute Gasteiger partial charge is 0.497 e. The summed E-state index contributed by atoms with van der Waals surface area (Å²) in [5.74, 6) is 0.684. The van der Waals surface area contributed by atoms with Crippen molar-refractivity contribution in [1.82, 2.24) is 10.7 Å². The molecule has 0 aliphatic heterocycles. The lowest BCUT2D eigenvalue weighted by atomic mass is 10.2. The molecule has 0 radical (unpaired) electrons. The number of ether oxygens (including phenoxy) is 2. The van der Waals surface area contributed by atoms with Crippen LogP contribution in [-0.4, -0.2) is 31.2 Å². The SMILES string of the molecule is COc1ccc(OCC(=O)N/N=C(\C)CC(=O)NCc2ccccc2)cc1. The fourth-order valence-electron chi connectivity index (χ4n) is 2.14. The monoisotopic (exact) mass is 369 g/mol. The van der Waals surface area contributed by atoms with Crippen LogP contribution in [-0.2, 0) is 16.1 Å². The minimum atomic E-state index is -0.408. The molecule has 0 heterocycles. The molecule has 0 fully saturated rings. The number of hydrazone groups is 1. The zero-order valence-electron chi connectivity index (χ0n) is 15.4. The van der Waals surface area contributed by atoms with Crippen LogP contribution < -0.4 is 20.2 Å². The highest BCUT2D eigenvalue weighted by Gasteiger charge is 2.06. The molecule has 2 N–H and O–H groups in total. The van der Waals surface area contributed by atoms with E-state index in [2.05, 4.69) is 15.8 Å². The van der Waals surface area contributed by atoms with Gasteiger partial charge in [0.2, 0.25) is 5.91 Å². The molecule has 2 aromatic rings. The molecule has 7 heteroatoms. The Labute approximate surface area is 158 Å². The maximum atomic E-state index is 11.9. The molecule has 2 aromatic carbocycles. The molecular formula is C20H23N3O4. The fraction of sp³-hybridized carbons (Fsp3) is 0.250. The maximum absolute atomic E-state index is 11.9. The Kier molecular flexibility index (Phi) is 7.84. The molecule has 0 saturated heterocycles. The van der Waals surface area contributed by atoms with Crippen molar-refractivity contribution in [2.45, 2.75) is 19.9 Å². The summed E-state index contributed by atoms with van der Waals surface area (Å²) in [7, 11) is 1.57. The zero-order chi connectivity index (χ0) is 19.5. The number of nitrogens with one attached hydrogen (secondary N) is 2. The van der Waals surface area contributed by atoms with E-state index in [0.29, 0.717) is 23.8 Å². The maximum Gasteiger partial charge on any atom is 0.277 e. The quantitative estimate of drug-likeness (QED) is 0.524. The minimum Gasteiger partial charge on any atom is -0.497 e. The Balaban J connectivity index is 1.68. The van der Waals surface area contributed by atoms with Crippen molar-refractivity contribution in [3.63, 3.8) is 0 Å². The Morgan fingerprint density at radius 3 is 2.30 bits per heavy atom. The average molecular weight is 369 g/mol. The molecule has 0 aromatic heterocycles. The first kappa shape index (κ1) is 20.0. The Morgan fingerprint density at radius 1 is 0.963 bits per heavy atom. The molecule has 2 rings (SSSR count). The number of benzene rings is 2. The molecular weight excluding hydrogens is 346 g/mol. The number of rotatable bonds is 9. The molecule has 0 unspecified atom stereocenters. The molecule has 0 atom stereocenters. The lowest BCUT2D eigenvalue weighted by Crippen LogP contribution is -2.28.